The van der Waals surface area contributed by atoms with Gasteiger partial charge in [0.05, 0.1) is 17.4 Å². The number of esters is 1. The first kappa shape index (κ1) is 25.5. The van der Waals surface area contributed by atoms with Crippen molar-refractivity contribution in [3.63, 3.8) is 0 Å². The topological polar surface area (TPSA) is 73.2 Å². The van der Waals surface area contributed by atoms with E-state index >= 15 is 0 Å². The van der Waals surface area contributed by atoms with Crippen LogP contribution < -0.4 is 5.32 Å². The zero-order chi connectivity index (χ0) is 26.2. The Kier molecular flexibility index (Phi) is 6.86. The summed E-state index contributed by atoms with van der Waals surface area (Å²) in [5.74, 6) is 0.356. The Bertz CT molecular complexity index is 1310. The van der Waals surface area contributed by atoms with Crippen LogP contribution in [-0.2, 0) is 32.7 Å². The number of hydrogen-bond acceptors (Lipinski definition) is 4. The highest BCUT2D eigenvalue weighted by Crippen LogP contribution is 2.57. The summed E-state index contributed by atoms with van der Waals surface area (Å²) in [5, 5.41) is 3.10. The van der Waals surface area contributed by atoms with Crippen LogP contribution in [0.5, 0.6) is 0 Å². The fourth-order valence-electron chi connectivity index (χ4n) is 7.03. The summed E-state index contributed by atoms with van der Waals surface area (Å²) in [4.78, 5) is 29.4. The third-order valence-corrected chi connectivity index (χ3v) is 9.05. The van der Waals surface area contributed by atoms with Gasteiger partial charge in [-0.25, -0.2) is 4.98 Å². The van der Waals surface area contributed by atoms with Crippen molar-refractivity contribution >= 4 is 22.9 Å². The number of carbonyl (C=O) groups excluding carboxylic acids is 2. The van der Waals surface area contributed by atoms with Gasteiger partial charge in [0.25, 0.3) is 5.91 Å². The van der Waals surface area contributed by atoms with Crippen LogP contribution in [0.4, 0.5) is 0 Å². The average molecular weight is 502 g/mol. The summed E-state index contributed by atoms with van der Waals surface area (Å²) in [6.45, 7) is 9.66. The number of amides is 1. The maximum Gasteiger partial charge on any atom is 0.326 e. The van der Waals surface area contributed by atoms with E-state index in [4.69, 9.17) is 4.74 Å². The molecule has 2 aliphatic rings. The molecule has 0 bridgehead atoms. The molecule has 2 aliphatic carbocycles. The second-order valence-corrected chi connectivity index (χ2v) is 11.9. The molecule has 1 N–H and O–H groups in total. The van der Waals surface area contributed by atoms with Crippen molar-refractivity contribution in [2.45, 2.75) is 77.7 Å². The van der Waals surface area contributed by atoms with Gasteiger partial charge >= 0.3 is 5.97 Å². The van der Waals surface area contributed by atoms with Gasteiger partial charge in [0.2, 0.25) is 0 Å². The van der Waals surface area contributed by atoms with Crippen molar-refractivity contribution in [2.24, 2.45) is 11.3 Å². The molecule has 0 spiro atoms. The van der Waals surface area contributed by atoms with Crippen LogP contribution in [0.3, 0.4) is 0 Å². The molecule has 3 unspecified atom stereocenters. The third kappa shape index (κ3) is 4.90. The van der Waals surface area contributed by atoms with Gasteiger partial charge in [-0.05, 0) is 77.2 Å². The molecule has 1 amide bonds. The van der Waals surface area contributed by atoms with Gasteiger partial charge in [-0.2, -0.15) is 0 Å². The van der Waals surface area contributed by atoms with Gasteiger partial charge < -0.3 is 14.6 Å². The van der Waals surface area contributed by atoms with Gasteiger partial charge in [-0.3, -0.25) is 9.59 Å². The highest BCUT2D eigenvalue weighted by molar-refractivity contribution is 5.81. The predicted octanol–water partition coefficient (Wildman–Crippen LogP) is 5.53. The molecule has 0 aliphatic heterocycles. The van der Waals surface area contributed by atoms with Gasteiger partial charge in [0, 0.05) is 6.54 Å². The number of nitrogens with one attached hydrogen (secondary N) is 1. The SMILES string of the molecule is CC(C)c1ccc2c(c1)CCC1C(C)(CNC(=O)COC(=O)Cn3cnc4ccccc43)CCCC21C. The molecule has 0 saturated heterocycles. The Morgan fingerprint density at radius 3 is 2.78 bits per heavy atom. The summed E-state index contributed by atoms with van der Waals surface area (Å²) in [7, 11) is 0. The van der Waals surface area contributed by atoms with Gasteiger partial charge in [-0.15, -0.1) is 0 Å². The van der Waals surface area contributed by atoms with Crippen LogP contribution in [0.2, 0.25) is 0 Å². The van der Waals surface area contributed by atoms with Crippen LogP contribution in [0.1, 0.15) is 76.0 Å². The Hall–Kier alpha value is -3.15. The van der Waals surface area contributed by atoms with E-state index in [0.717, 1.165) is 36.7 Å². The lowest BCUT2D eigenvalue weighted by atomic mass is 9.49. The number of aryl methyl sites for hydroxylation is 1. The van der Waals surface area contributed by atoms with Crippen LogP contribution in [0.25, 0.3) is 11.0 Å². The Morgan fingerprint density at radius 1 is 1.16 bits per heavy atom. The Labute approximate surface area is 219 Å². The van der Waals surface area contributed by atoms with E-state index in [9.17, 15) is 9.59 Å². The minimum absolute atomic E-state index is 0.0107. The van der Waals surface area contributed by atoms with E-state index in [1.807, 2.05) is 24.3 Å². The quantitative estimate of drug-likeness (QED) is 0.432. The van der Waals surface area contributed by atoms with Crippen molar-refractivity contribution < 1.29 is 14.3 Å². The van der Waals surface area contributed by atoms with Crippen molar-refractivity contribution in [1.29, 1.82) is 0 Å². The molecule has 0 radical (unpaired) electrons. The molecule has 37 heavy (non-hydrogen) atoms. The second kappa shape index (κ2) is 9.96. The van der Waals surface area contributed by atoms with Crippen LogP contribution >= 0.6 is 0 Å². The fraction of sp³-hybridized carbons (Fsp3) is 0.516. The number of para-hydroxylation sites is 2. The maximum absolute atomic E-state index is 12.7. The minimum Gasteiger partial charge on any atom is -0.454 e. The molecular weight excluding hydrogens is 462 g/mol. The lowest BCUT2D eigenvalue weighted by Gasteiger charge is -2.55. The molecule has 3 aromatic rings. The van der Waals surface area contributed by atoms with E-state index in [1.54, 1.807) is 10.9 Å². The highest BCUT2D eigenvalue weighted by atomic mass is 16.5. The summed E-state index contributed by atoms with van der Waals surface area (Å²) >= 11 is 0. The smallest absolute Gasteiger partial charge is 0.326 e. The molecule has 6 nitrogen and oxygen atoms in total. The van der Waals surface area contributed by atoms with Gasteiger partial charge in [0.15, 0.2) is 6.61 Å². The largest absolute Gasteiger partial charge is 0.454 e. The van der Waals surface area contributed by atoms with E-state index in [-0.39, 0.29) is 29.9 Å². The number of ether oxygens (including phenoxy) is 1. The number of benzene rings is 2. The van der Waals surface area contributed by atoms with Gasteiger partial charge in [0.1, 0.15) is 6.54 Å². The first-order valence-corrected chi connectivity index (χ1v) is 13.7. The number of imidazole rings is 1. The number of aromatic nitrogens is 2. The minimum atomic E-state index is -0.445. The lowest BCUT2D eigenvalue weighted by molar-refractivity contribution is -0.149. The summed E-state index contributed by atoms with van der Waals surface area (Å²) in [6, 6.07) is 14.7. The summed E-state index contributed by atoms with van der Waals surface area (Å²) in [5.41, 5.74) is 6.26. The van der Waals surface area contributed by atoms with Crippen molar-refractivity contribution in [1.82, 2.24) is 14.9 Å². The Balaban J connectivity index is 1.19. The predicted molar refractivity (Wildman–Crippen MR) is 145 cm³/mol. The van der Waals surface area contributed by atoms with Gasteiger partial charge in [-0.1, -0.05) is 64.4 Å². The molecule has 2 aromatic carbocycles. The number of nitrogens with zero attached hydrogens (tertiary/aromatic N) is 2. The fourth-order valence-corrected chi connectivity index (χ4v) is 7.03. The van der Waals surface area contributed by atoms with Crippen molar-refractivity contribution in [2.75, 3.05) is 13.2 Å². The molecule has 1 heterocycles. The third-order valence-electron chi connectivity index (χ3n) is 9.05. The van der Waals surface area contributed by atoms with Crippen molar-refractivity contribution in [3.05, 3.63) is 65.5 Å². The first-order valence-electron chi connectivity index (χ1n) is 13.7. The van der Waals surface area contributed by atoms with E-state index in [2.05, 4.69) is 56.2 Å². The summed E-state index contributed by atoms with van der Waals surface area (Å²) in [6.07, 6.45) is 7.30. The Morgan fingerprint density at radius 2 is 1.97 bits per heavy atom. The van der Waals surface area contributed by atoms with E-state index < -0.39 is 5.97 Å². The number of hydrogen-bond donors (Lipinski definition) is 1. The summed E-state index contributed by atoms with van der Waals surface area (Å²) < 4.78 is 7.04. The molecule has 5 rings (SSSR count). The van der Waals surface area contributed by atoms with Crippen LogP contribution in [0.15, 0.2) is 48.8 Å². The molecule has 1 aromatic heterocycles. The molecule has 1 fully saturated rings. The highest BCUT2D eigenvalue weighted by Gasteiger charge is 2.51. The second-order valence-electron chi connectivity index (χ2n) is 11.9. The standard InChI is InChI=1S/C31H39N3O3/c1-21(2)22-10-12-24-23(16-22)11-13-27-30(3,14-7-15-31(24,27)4)19-32-28(35)18-37-29(36)17-34-20-33-25-8-5-6-9-26(25)34/h5-6,8-10,12,16,20-21,27H,7,11,13-15,17-19H2,1-4H3,(H,32,35). The molecule has 3 atom stereocenters. The zero-order valence-corrected chi connectivity index (χ0v) is 22.5. The van der Waals surface area contributed by atoms with Crippen molar-refractivity contribution in [3.8, 4) is 0 Å². The monoisotopic (exact) mass is 501 g/mol. The first-order chi connectivity index (χ1) is 17.7. The van der Waals surface area contributed by atoms with E-state index in [0.29, 0.717) is 18.4 Å². The number of fused-ring (bicyclic) bond motifs is 4. The molecule has 1 saturated carbocycles. The average Bonchev–Trinajstić information content (AvgIpc) is 3.28. The molecule has 196 valence electrons. The van der Waals surface area contributed by atoms with Crippen LogP contribution in [-0.4, -0.2) is 34.6 Å². The van der Waals surface area contributed by atoms with E-state index in [1.165, 1.54) is 23.1 Å². The maximum atomic E-state index is 12.7. The zero-order valence-electron chi connectivity index (χ0n) is 22.5. The molecule has 6 heteroatoms. The number of rotatable bonds is 7. The number of carbonyl (C=O) groups is 2. The lowest BCUT2D eigenvalue weighted by Crippen LogP contribution is -2.53. The van der Waals surface area contributed by atoms with Crippen LogP contribution in [0, 0.1) is 11.3 Å². The normalized spacial score (nSPS) is 24.9. The molecular formula is C31H39N3O3.